The van der Waals surface area contributed by atoms with Crippen molar-refractivity contribution in [3.8, 4) is 0 Å². The van der Waals surface area contributed by atoms with E-state index in [2.05, 4.69) is 22.4 Å². The zero-order chi connectivity index (χ0) is 25.6. The van der Waals surface area contributed by atoms with Crippen molar-refractivity contribution in [3.63, 3.8) is 0 Å². The number of aromatic amines is 1. The molecule has 3 aromatic carbocycles. The largest absolute Gasteiger partial charge is 0.356 e. The molecule has 1 atom stereocenters. The summed E-state index contributed by atoms with van der Waals surface area (Å²) in [6.07, 6.45) is 2.30. The van der Waals surface area contributed by atoms with Gasteiger partial charge in [-0.2, -0.15) is 0 Å². The van der Waals surface area contributed by atoms with E-state index in [4.69, 9.17) is 0 Å². The molecule has 1 saturated heterocycles. The third-order valence-corrected chi connectivity index (χ3v) is 7.63. The van der Waals surface area contributed by atoms with Gasteiger partial charge in [0.1, 0.15) is 0 Å². The first kappa shape index (κ1) is 23.0. The molecule has 1 aromatic heterocycles. The summed E-state index contributed by atoms with van der Waals surface area (Å²) in [6, 6.07) is 24.5. The fourth-order valence-corrected chi connectivity index (χ4v) is 5.70. The smallest absolute Gasteiger partial charge is 0.332 e. The van der Waals surface area contributed by atoms with Crippen molar-refractivity contribution in [1.82, 2.24) is 15.2 Å². The van der Waals surface area contributed by atoms with Crippen LogP contribution in [0.1, 0.15) is 40.5 Å². The Morgan fingerprint density at radius 2 is 1.70 bits per heavy atom. The number of anilines is 1. The summed E-state index contributed by atoms with van der Waals surface area (Å²) < 4.78 is 0. The number of nitrogens with one attached hydrogen (secondary N) is 2. The summed E-state index contributed by atoms with van der Waals surface area (Å²) in [4.78, 5) is 47.1. The Hall–Kier alpha value is -4.39. The van der Waals surface area contributed by atoms with Gasteiger partial charge in [0.15, 0.2) is 5.54 Å². The summed E-state index contributed by atoms with van der Waals surface area (Å²) in [6.45, 7) is 2.72. The maximum Gasteiger partial charge on any atom is 0.332 e. The van der Waals surface area contributed by atoms with Crippen LogP contribution in [0.15, 0.2) is 78.9 Å². The lowest BCUT2D eigenvalue weighted by Crippen LogP contribution is -2.49. The summed E-state index contributed by atoms with van der Waals surface area (Å²) in [5.74, 6) is -0.653. The van der Waals surface area contributed by atoms with Crippen molar-refractivity contribution in [2.45, 2.75) is 31.7 Å². The van der Waals surface area contributed by atoms with Crippen molar-refractivity contribution in [2.24, 2.45) is 0 Å². The van der Waals surface area contributed by atoms with Crippen molar-refractivity contribution in [2.75, 3.05) is 18.0 Å². The highest BCUT2D eigenvalue weighted by atomic mass is 16.2. The molecule has 3 heterocycles. The quantitative estimate of drug-likeness (QED) is 0.300. The van der Waals surface area contributed by atoms with E-state index in [9.17, 15) is 14.4 Å². The minimum Gasteiger partial charge on any atom is -0.356 e. The van der Waals surface area contributed by atoms with Gasteiger partial charge in [-0.05, 0) is 55.5 Å². The molecule has 0 spiro atoms. The van der Waals surface area contributed by atoms with Gasteiger partial charge >= 0.3 is 6.03 Å². The van der Waals surface area contributed by atoms with E-state index in [-0.39, 0.29) is 11.8 Å². The van der Waals surface area contributed by atoms with E-state index in [1.54, 1.807) is 36.1 Å². The van der Waals surface area contributed by atoms with Gasteiger partial charge < -0.3 is 15.2 Å². The van der Waals surface area contributed by atoms with Crippen LogP contribution in [0.25, 0.3) is 10.9 Å². The summed E-state index contributed by atoms with van der Waals surface area (Å²) in [7, 11) is 0. The van der Waals surface area contributed by atoms with Crippen LogP contribution in [0.5, 0.6) is 0 Å². The van der Waals surface area contributed by atoms with Crippen LogP contribution in [0.4, 0.5) is 10.5 Å². The molecule has 2 aliphatic rings. The zero-order valence-corrected chi connectivity index (χ0v) is 20.7. The number of carbonyl (C=O) groups excluding carboxylic acids is 3. The van der Waals surface area contributed by atoms with Crippen molar-refractivity contribution < 1.29 is 14.4 Å². The first-order valence-electron chi connectivity index (χ1n) is 12.7. The van der Waals surface area contributed by atoms with Gasteiger partial charge in [-0.25, -0.2) is 9.69 Å². The standard InChI is InChI=1S/C30H28N4O3/c1-30-26-22(21-13-5-7-15-24(21)32-26)17-19-33(30)29(37)34(28(30)36)25-16-8-6-14-23(25)27(35)31-18-9-12-20-10-3-2-4-11-20/h2-8,10-11,13-16,32H,9,12,17-19H2,1H3,(H,31,35)/t30-/m0/s1. The first-order valence-corrected chi connectivity index (χ1v) is 12.7. The number of imide groups is 1. The molecule has 0 bridgehead atoms. The van der Waals surface area contributed by atoms with E-state index in [1.165, 1.54) is 10.5 Å². The van der Waals surface area contributed by atoms with E-state index in [1.807, 2.05) is 42.5 Å². The number of H-pyrrole nitrogens is 1. The number of hydrogen-bond acceptors (Lipinski definition) is 3. The van der Waals surface area contributed by atoms with Crippen LogP contribution in [-0.4, -0.2) is 40.8 Å². The highest BCUT2D eigenvalue weighted by molar-refractivity contribution is 6.25. The van der Waals surface area contributed by atoms with Crippen LogP contribution in [-0.2, 0) is 23.2 Å². The Bertz CT molecular complexity index is 1530. The number of rotatable bonds is 6. The molecule has 0 radical (unpaired) electrons. The molecule has 2 N–H and O–H groups in total. The SMILES string of the molecule is C[C@]12C(=O)N(c3ccccc3C(=O)NCCCc3ccccc3)C(=O)N1CCc1c2[nH]c2ccccc12. The molecule has 0 unspecified atom stereocenters. The third-order valence-electron chi connectivity index (χ3n) is 7.63. The van der Waals surface area contributed by atoms with E-state index in [0.717, 1.165) is 35.0 Å². The number of carbonyl (C=O) groups is 3. The molecule has 1 fully saturated rings. The van der Waals surface area contributed by atoms with Crippen LogP contribution in [0.3, 0.4) is 0 Å². The molecule has 4 aromatic rings. The Balaban J connectivity index is 1.27. The maximum atomic E-state index is 14.0. The number of aromatic nitrogens is 1. The summed E-state index contributed by atoms with van der Waals surface area (Å²) in [5, 5.41) is 4.04. The second kappa shape index (κ2) is 8.92. The van der Waals surface area contributed by atoms with Crippen molar-refractivity contribution >= 4 is 34.4 Å². The molecule has 6 rings (SSSR count). The molecule has 186 valence electrons. The van der Waals surface area contributed by atoms with Crippen molar-refractivity contribution in [3.05, 3.63) is 101 Å². The second-order valence-corrected chi connectivity index (χ2v) is 9.78. The van der Waals surface area contributed by atoms with Crippen LogP contribution in [0.2, 0.25) is 0 Å². The highest BCUT2D eigenvalue weighted by Gasteiger charge is 2.59. The molecule has 7 nitrogen and oxygen atoms in total. The number of para-hydroxylation sites is 2. The predicted molar refractivity (Wildman–Crippen MR) is 142 cm³/mol. The van der Waals surface area contributed by atoms with Gasteiger partial charge in [-0.1, -0.05) is 60.7 Å². The fraction of sp³-hybridized carbons (Fsp3) is 0.233. The van der Waals surface area contributed by atoms with Gasteiger partial charge in [0, 0.05) is 24.0 Å². The lowest BCUT2D eigenvalue weighted by Gasteiger charge is -2.35. The van der Waals surface area contributed by atoms with E-state index >= 15 is 0 Å². The Kier molecular flexibility index (Phi) is 5.56. The molecule has 0 saturated carbocycles. The summed E-state index contributed by atoms with van der Waals surface area (Å²) >= 11 is 0. The maximum absolute atomic E-state index is 14.0. The van der Waals surface area contributed by atoms with Crippen molar-refractivity contribution in [1.29, 1.82) is 0 Å². The molecular weight excluding hydrogens is 464 g/mol. The van der Waals surface area contributed by atoms with Crippen LogP contribution >= 0.6 is 0 Å². The van der Waals surface area contributed by atoms with Gasteiger partial charge in [0.05, 0.1) is 16.9 Å². The highest BCUT2D eigenvalue weighted by Crippen LogP contribution is 2.45. The first-order chi connectivity index (χ1) is 18.0. The molecule has 4 amide bonds. The number of urea groups is 1. The Morgan fingerprint density at radius 3 is 2.54 bits per heavy atom. The predicted octanol–water partition coefficient (Wildman–Crippen LogP) is 4.77. The molecule has 0 aliphatic carbocycles. The Labute approximate surface area is 215 Å². The molecule has 7 heteroatoms. The minimum atomic E-state index is -1.16. The van der Waals surface area contributed by atoms with Crippen LogP contribution in [0, 0.1) is 0 Å². The normalized spacial score (nSPS) is 18.7. The molecule has 37 heavy (non-hydrogen) atoms. The average Bonchev–Trinajstić information content (AvgIpc) is 3.40. The van der Waals surface area contributed by atoms with Crippen LogP contribution < -0.4 is 10.2 Å². The minimum absolute atomic E-state index is 0.300. The Morgan fingerprint density at radius 1 is 0.973 bits per heavy atom. The topological polar surface area (TPSA) is 85.5 Å². The van der Waals surface area contributed by atoms with Gasteiger partial charge in [0.2, 0.25) is 0 Å². The molecular formula is C30H28N4O3. The van der Waals surface area contributed by atoms with Gasteiger partial charge in [-0.3, -0.25) is 9.59 Å². The van der Waals surface area contributed by atoms with Gasteiger partial charge in [-0.15, -0.1) is 0 Å². The number of amides is 4. The lowest BCUT2D eigenvalue weighted by molar-refractivity contribution is -0.125. The number of benzene rings is 3. The number of nitrogens with zero attached hydrogens (tertiary/aromatic N) is 2. The third kappa shape index (κ3) is 3.61. The van der Waals surface area contributed by atoms with E-state index < -0.39 is 11.6 Å². The number of fused-ring (bicyclic) bond motifs is 5. The van der Waals surface area contributed by atoms with Gasteiger partial charge in [0.25, 0.3) is 11.8 Å². The van der Waals surface area contributed by atoms with E-state index in [0.29, 0.717) is 30.8 Å². The number of aryl methyl sites for hydroxylation is 1. The molecule has 2 aliphatic heterocycles. The fourth-order valence-electron chi connectivity index (χ4n) is 5.70. The zero-order valence-electron chi connectivity index (χ0n) is 20.7. The number of hydrogen-bond donors (Lipinski definition) is 2. The second-order valence-electron chi connectivity index (χ2n) is 9.78. The summed E-state index contributed by atoms with van der Waals surface area (Å²) in [5.41, 5.74) is 3.44. The monoisotopic (exact) mass is 492 g/mol. The lowest BCUT2D eigenvalue weighted by atomic mass is 9.87. The average molecular weight is 493 g/mol.